The third-order valence-corrected chi connectivity index (χ3v) is 6.47. The zero-order chi connectivity index (χ0) is 17.9. The number of piperidine rings is 1. The third-order valence-electron chi connectivity index (χ3n) is 4.89. The SMILES string of the molecule is Fc1ccc(CCN2CCC(Sc3nc4ccccc4[nH]3)CC2)c(Cl)c1. The molecule has 0 unspecified atom stereocenters. The Kier molecular flexibility index (Phi) is 5.48. The van der Waals surface area contributed by atoms with Crippen LogP contribution in [0.5, 0.6) is 0 Å². The first kappa shape index (κ1) is 17.8. The fourth-order valence-electron chi connectivity index (χ4n) is 3.40. The predicted molar refractivity (Wildman–Crippen MR) is 107 cm³/mol. The maximum atomic E-state index is 13.1. The van der Waals surface area contributed by atoms with Gasteiger partial charge in [0, 0.05) is 16.8 Å². The average molecular weight is 390 g/mol. The van der Waals surface area contributed by atoms with Crippen molar-refractivity contribution in [3.8, 4) is 0 Å². The van der Waals surface area contributed by atoms with E-state index in [9.17, 15) is 4.39 Å². The summed E-state index contributed by atoms with van der Waals surface area (Å²) >= 11 is 7.98. The summed E-state index contributed by atoms with van der Waals surface area (Å²) in [6.45, 7) is 3.13. The number of hydrogen-bond donors (Lipinski definition) is 1. The summed E-state index contributed by atoms with van der Waals surface area (Å²) in [5, 5.41) is 2.14. The van der Waals surface area contributed by atoms with Gasteiger partial charge < -0.3 is 9.88 Å². The van der Waals surface area contributed by atoms with E-state index in [0.717, 1.165) is 60.7 Å². The third kappa shape index (κ3) is 4.22. The summed E-state index contributed by atoms with van der Waals surface area (Å²) < 4.78 is 13.1. The first-order valence-corrected chi connectivity index (χ1v) is 10.2. The lowest BCUT2D eigenvalue weighted by molar-refractivity contribution is 0.235. The molecule has 1 N–H and O–H groups in total. The van der Waals surface area contributed by atoms with Crippen molar-refractivity contribution in [2.45, 2.75) is 29.7 Å². The van der Waals surface area contributed by atoms with Gasteiger partial charge in [-0.1, -0.05) is 41.6 Å². The smallest absolute Gasteiger partial charge is 0.166 e. The summed E-state index contributed by atoms with van der Waals surface area (Å²) in [6.07, 6.45) is 3.16. The van der Waals surface area contributed by atoms with Gasteiger partial charge in [-0.3, -0.25) is 0 Å². The molecule has 6 heteroatoms. The van der Waals surface area contributed by atoms with Crippen molar-refractivity contribution in [1.82, 2.24) is 14.9 Å². The van der Waals surface area contributed by atoms with Crippen molar-refractivity contribution < 1.29 is 4.39 Å². The Morgan fingerprint density at radius 3 is 2.77 bits per heavy atom. The summed E-state index contributed by atoms with van der Waals surface area (Å²) in [6, 6.07) is 12.8. The Balaban J connectivity index is 1.27. The number of nitrogens with one attached hydrogen (secondary N) is 1. The molecule has 0 saturated carbocycles. The van der Waals surface area contributed by atoms with Crippen molar-refractivity contribution in [2.75, 3.05) is 19.6 Å². The summed E-state index contributed by atoms with van der Waals surface area (Å²) in [4.78, 5) is 10.5. The quantitative estimate of drug-likeness (QED) is 0.654. The molecule has 0 radical (unpaired) electrons. The van der Waals surface area contributed by atoms with Gasteiger partial charge in [0.2, 0.25) is 0 Å². The number of thioether (sulfide) groups is 1. The van der Waals surface area contributed by atoms with E-state index < -0.39 is 0 Å². The number of H-pyrrole nitrogens is 1. The summed E-state index contributed by atoms with van der Waals surface area (Å²) in [7, 11) is 0. The lowest BCUT2D eigenvalue weighted by Gasteiger charge is -2.31. The van der Waals surface area contributed by atoms with E-state index in [1.54, 1.807) is 6.07 Å². The standard InChI is InChI=1S/C20H21ClFN3S/c21-17-13-15(22)6-5-14(17)7-10-25-11-8-16(9-12-25)26-20-23-18-3-1-2-4-19(18)24-20/h1-6,13,16H,7-12H2,(H,23,24). The Hall–Kier alpha value is -1.56. The minimum atomic E-state index is -0.276. The van der Waals surface area contributed by atoms with Gasteiger partial charge >= 0.3 is 0 Å². The molecule has 3 nitrogen and oxygen atoms in total. The molecule has 0 atom stereocenters. The van der Waals surface area contributed by atoms with E-state index in [4.69, 9.17) is 11.6 Å². The number of halogens is 2. The van der Waals surface area contributed by atoms with Crippen molar-refractivity contribution >= 4 is 34.4 Å². The topological polar surface area (TPSA) is 31.9 Å². The average Bonchev–Trinajstić information content (AvgIpc) is 3.04. The molecule has 26 heavy (non-hydrogen) atoms. The number of imidazole rings is 1. The zero-order valence-corrected chi connectivity index (χ0v) is 16.0. The van der Waals surface area contributed by atoms with E-state index in [1.807, 2.05) is 30.0 Å². The Bertz CT molecular complexity index is 857. The number of likely N-dealkylation sites (tertiary alicyclic amines) is 1. The number of fused-ring (bicyclic) bond motifs is 1. The number of para-hydroxylation sites is 2. The second kappa shape index (κ2) is 7.99. The number of nitrogens with zero attached hydrogens (tertiary/aromatic N) is 2. The van der Waals surface area contributed by atoms with Crippen LogP contribution in [0.25, 0.3) is 11.0 Å². The van der Waals surface area contributed by atoms with Crippen LogP contribution in [-0.4, -0.2) is 39.8 Å². The van der Waals surface area contributed by atoms with Gasteiger partial charge in [-0.15, -0.1) is 0 Å². The summed E-state index contributed by atoms with van der Waals surface area (Å²) in [5.74, 6) is -0.276. The molecule has 1 aliphatic rings. The maximum absolute atomic E-state index is 13.1. The highest BCUT2D eigenvalue weighted by atomic mass is 35.5. The van der Waals surface area contributed by atoms with Crippen LogP contribution >= 0.6 is 23.4 Å². The van der Waals surface area contributed by atoms with E-state index in [0.29, 0.717) is 10.3 Å². The van der Waals surface area contributed by atoms with E-state index >= 15 is 0 Å². The van der Waals surface area contributed by atoms with Crippen LogP contribution in [0, 0.1) is 5.82 Å². The molecule has 1 fully saturated rings. The second-order valence-corrected chi connectivity index (χ2v) is 8.40. The van der Waals surface area contributed by atoms with Gasteiger partial charge in [0.1, 0.15) is 5.82 Å². The monoisotopic (exact) mass is 389 g/mol. The van der Waals surface area contributed by atoms with Crippen molar-refractivity contribution in [3.05, 3.63) is 58.9 Å². The first-order valence-electron chi connectivity index (χ1n) is 8.95. The van der Waals surface area contributed by atoms with Crippen LogP contribution in [0.3, 0.4) is 0 Å². The van der Waals surface area contributed by atoms with Gasteiger partial charge in [-0.05, 0) is 62.2 Å². The molecule has 136 valence electrons. The largest absolute Gasteiger partial charge is 0.333 e. The summed E-state index contributed by atoms with van der Waals surface area (Å²) in [5.41, 5.74) is 3.15. The van der Waals surface area contributed by atoms with E-state index in [2.05, 4.69) is 20.9 Å². The zero-order valence-electron chi connectivity index (χ0n) is 14.4. The normalized spacial score (nSPS) is 16.4. The van der Waals surface area contributed by atoms with Gasteiger partial charge in [0.15, 0.2) is 5.16 Å². The molecule has 2 heterocycles. The Morgan fingerprint density at radius 1 is 1.19 bits per heavy atom. The second-order valence-electron chi connectivity index (χ2n) is 6.70. The predicted octanol–water partition coefficient (Wildman–Crippen LogP) is 5.15. The van der Waals surface area contributed by atoms with Crippen LogP contribution in [0.2, 0.25) is 5.02 Å². The highest BCUT2D eigenvalue weighted by Gasteiger charge is 2.21. The number of benzene rings is 2. The van der Waals surface area contributed by atoms with Crippen LogP contribution in [-0.2, 0) is 6.42 Å². The van der Waals surface area contributed by atoms with Crippen molar-refractivity contribution in [1.29, 1.82) is 0 Å². The molecule has 0 aliphatic carbocycles. The Morgan fingerprint density at radius 2 is 2.00 bits per heavy atom. The first-order chi connectivity index (χ1) is 12.7. The number of rotatable bonds is 5. The maximum Gasteiger partial charge on any atom is 0.166 e. The molecular formula is C20H21ClFN3S. The van der Waals surface area contributed by atoms with E-state index in [1.165, 1.54) is 12.1 Å². The Labute approximate surface area is 161 Å². The molecule has 0 bridgehead atoms. The van der Waals surface area contributed by atoms with Crippen molar-refractivity contribution in [3.63, 3.8) is 0 Å². The molecule has 0 amide bonds. The number of aromatic amines is 1. The molecule has 1 aromatic heterocycles. The fourth-order valence-corrected chi connectivity index (χ4v) is 4.74. The molecule has 0 spiro atoms. The molecule has 4 rings (SSSR count). The van der Waals surface area contributed by atoms with Crippen LogP contribution in [0.4, 0.5) is 4.39 Å². The van der Waals surface area contributed by atoms with Gasteiger partial charge in [0.05, 0.1) is 11.0 Å². The van der Waals surface area contributed by atoms with Gasteiger partial charge in [0.25, 0.3) is 0 Å². The van der Waals surface area contributed by atoms with Crippen LogP contribution in [0.1, 0.15) is 18.4 Å². The lowest BCUT2D eigenvalue weighted by Crippen LogP contribution is -2.36. The number of hydrogen-bond acceptors (Lipinski definition) is 3. The molecule has 1 aliphatic heterocycles. The fraction of sp³-hybridized carbons (Fsp3) is 0.350. The van der Waals surface area contributed by atoms with Gasteiger partial charge in [-0.2, -0.15) is 0 Å². The lowest BCUT2D eigenvalue weighted by atomic mass is 10.1. The van der Waals surface area contributed by atoms with Crippen LogP contribution < -0.4 is 0 Å². The molecule has 1 saturated heterocycles. The van der Waals surface area contributed by atoms with Gasteiger partial charge in [-0.25, -0.2) is 9.37 Å². The highest BCUT2D eigenvalue weighted by molar-refractivity contribution is 7.99. The van der Waals surface area contributed by atoms with E-state index in [-0.39, 0.29) is 5.82 Å². The molecular weight excluding hydrogens is 369 g/mol. The molecule has 2 aromatic carbocycles. The minimum absolute atomic E-state index is 0.276. The minimum Gasteiger partial charge on any atom is -0.333 e. The van der Waals surface area contributed by atoms with Crippen molar-refractivity contribution in [2.24, 2.45) is 0 Å². The highest BCUT2D eigenvalue weighted by Crippen LogP contribution is 2.30. The van der Waals surface area contributed by atoms with Crippen LogP contribution in [0.15, 0.2) is 47.6 Å². The number of aromatic nitrogens is 2. The molecule has 3 aromatic rings.